The molecule has 3 heterocycles. The van der Waals surface area contributed by atoms with Crippen LogP contribution in [0.25, 0.3) is 0 Å². The van der Waals surface area contributed by atoms with Crippen molar-refractivity contribution in [1.82, 2.24) is 9.55 Å². The van der Waals surface area contributed by atoms with E-state index in [0.29, 0.717) is 37.9 Å². The minimum atomic E-state index is -4.45. The van der Waals surface area contributed by atoms with Crippen molar-refractivity contribution < 1.29 is 17.9 Å². The second-order valence-electron chi connectivity index (χ2n) is 6.87. The van der Waals surface area contributed by atoms with Crippen LogP contribution in [-0.2, 0) is 11.3 Å². The molecule has 29 heavy (non-hydrogen) atoms. The summed E-state index contributed by atoms with van der Waals surface area (Å²) in [5.41, 5.74) is -0.455. The number of benzene rings is 1. The fraction of sp³-hybridized carbons (Fsp3) is 0.474. The predicted octanol–water partition coefficient (Wildman–Crippen LogP) is 2.62. The molecule has 2 aliphatic heterocycles. The summed E-state index contributed by atoms with van der Waals surface area (Å²) in [7, 11) is 0. The van der Waals surface area contributed by atoms with Crippen molar-refractivity contribution in [2.45, 2.75) is 23.7 Å². The molecule has 0 amide bonds. The Morgan fingerprint density at radius 2 is 1.90 bits per heavy atom. The molecule has 1 saturated heterocycles. The Balaban J connectivity index is 1.59. The molecule has 6 nitrogen and oxygen atoms in total. The fourth-order valence-electron chi connectivity index (χ4n) is 3.55. The number of hydrogen-bond donors (Lipinski definition) is 0. The number of fused-ring (bicyclic) bond motifs is 1. The molecule has 156 valence electrons. The van der Waals surface area contributed by atoms with E-state index in [1.807, 2.05) is 35.2 Å². The van der Waals surface area contributed by atoms with Gasteiger partial charge >= 0.3 is 6.18 Å². The molecule has 0 bridgehead atoms. The fourth-order valence-corrected chi connectivity index (χ4v) is 4.43. The molecule has 0 aliphatic carbocycles. The van der Waals surface area contributed by atoms with E-state index in [1.165, 1.54) is 22.7 Å². The molecule has 2 aromatic rings. The second kappa shape index (κ2) is 8.27. The van der Waals surface area contributed by atoms with Gasteiger partial charge in [0.15, 0.2) is 0 Å². The Labute approximate surface area is 170 Å². The Kier molecular flexibility index (Phi) is 5.73. The maximum absolute atomic E-state index is 13.7. The highest BCUT2D eigenvalue weighted by Gasteiger charge is 2.49. The van der Waals surface area contributed by atoms with Crippen LogP contribution in [0.1, 0.15) is 0 Å². The van der Waals surface area contributed by atoms with Crippen molar-refractivity contribution in [2.75, 3.05) is 48.4 Å². The molecule has 10 heteroatoms. The summed E-state index contributed by atoms with van der Waals surface area (Å²) in [5, 5.41) is 0. The number of alkyl halides is 3. The lowest BCUT2D eigenvalue weighted by molar-refractivity contribution is -0.148. The van der Waals surface area contributed by atoms with Gasteiger partial charge in [0.1, 0.15) is 11.9 Å². The highest BCUT2D eigenvalue weighted by molar-refractivity contribution is 7.99. The zero-order valence-corrected chi connectivity index (χ0v) is 16.5. The van der Waals surface area contributed by atoms with Gasteiger partial charge in [-0.1, -0.05) is 18.2 Å². The molecule has 1 atom stereocenters. The molecular weight excluding hydrogens is 405 g/mol. The monoisotopic (exact) mass is 426 g/mol. The second-order valence-corrected chi connectivity index (χ2v) is 8.04. The molecule has 1 aromatic heterocycles. The molecule has 0 spiro atoms. The summed E-state index contributed by atoms with van der Waals surface area (Å²) < 4.78 is 47.5. The summed E-state index contributed by atoms with van der Waals surface area (Å²) in [6.45, 7) is 1.84. The summed E-state index contributed by atoms with van der Waals surface area (Å²) in [6.07, 6.45) is -4.45. The normalized spacial score (nSPS) is 19.5. The predicted molar refractivity (Wildman–Crippen MR) is 106 cm³/mol. The van der Waals surface area contributed by atoms with Crippen molar-refractivity contribution in [2.24, 2.45) is 0 Å². The molecule has 2 aliphatic rings. The average molecular weight is 426 g/mol. The van der Waals surface area contributed by atoms with Crippen LogP contribution in [0.5, 0.6) is 0 Å². The van der Waals surface area contributed by atoms with Gasteiger partial charge in [0.05, 0.1) is 19.8 Å². The minimum absolute atomic E-state index is 0.0926. The topological polar surface area (TPSA) is 50.6 Å². The largest absolute Gasteiger partial charge is 0.410 e. The van der Waals surface area contributed by atoms with Crippen LogP contribution in [0.2, 0.25) is 0 Å². The van der Waals surface area contributed by atoms with Crippen LogP contribution in [0.15, 0.2) is 46.1 Å². The van der Waals surface area contributed by atoms with Crippen molar-refractivity contribution in [3.8, 4) is 0 Å². The van der Waals surface area contributed by atoms with Crippen LogP contribution in [0.3, 0.4) is 0 Å². The first-order valence-corrected chi connectivity index (χ1v) is 10.4. The minimum Gasteiger partial charge on any atom is -0.378 e. The Morgan fingerprint density at radius 3 is 2.59 bits per heavy atom. The van der Waals surface area contributed by atoms with Gasteiger partial charge in [0.25, 0.3) is 5.56 Å². The maximum Gasteiger partial charge on any atom is 0.410 e. The average Bonchev–Trinajstić information content (AvgIpc) is 3.09. The van der Waals surface area contributed by atoms with E-state index in [9.17, 15) is 18.0 Å². The van der Waals surface area contributed by atoms with Crippen LogP contribution in [-0.4, -0.2) is 60.4 Å². The lowest BCUT2D eigenvalue weighted by Gasteiger charge is -2.29. The molecule has 0 N–H and O–H groups in total. The molecule has 1 unspecified atom stereocenters. The zero-order valence-electron chi connectivity index (χ0n) is 15.6. The number of ether oxygens (including phenoxy) is 1. The van der Waals surface area contributed by atoms with Gasteiger partial charge in [-0.15, -0.1) is 11.8 Å². The highest BCUT2D eigenvalue weighted by atomic mass is 32.2. The first kappa shape index (κ1) is 20.1. The Bertz CT molecular complexity index is 901. The molecule has 0 saturated carbocycles. The molecule has 4 rings (SSSR count). The Morgan fingerprint density at radius 1 is 1.17 bits per heavy atom. The van der Waals surface area contributed by atoms with E-state index in [1.54, 1.807) is 0 Å². The third kappa shape index (κ3) is 4.37. The van der Waals surface area contributed by atoms with E-state index in [2.05, 4.69) is 4.98 Å². The third-order valence-corrected chi connectivity index (χ3v) is 6.01. The van der Waals surface area contributed by atoms with E-state index >= 15 is 0 Å². The zero-order chi connectivity index (χ0) is 20.4. The smallest absolute Gasteiger partial charge is 0.378 e. The number of aromatic nitrogens is 2. The number of morpholine rings is 1. The first-order chi connectivity index (χ1) is 13.9. The summed E-state index contributed by atoms with van der Waals surface area (Å²) in [5.74, 6) is 0.955. The van der Waals surface area contributed by atoms with Gasteiger partial charge in [-0.05, 0) is 12.1 Å². The lowest BCUT2D eigenvalue weighted by Crippen LogP contribution is -2.45. The van der Waals surface area contributed by atoms with E-state index < -0.39 is 24.3 Å². The number of halogens is 3. The van der Waals surface area contributed by atoms with Crippen LogP contribution < -0.4 is 15.4 Å². The van der Waals surface area contributed by atoms with Crippen molar-refractivity contribution in [3.05, 3.63) is 46.8 Å². The van der Waals surface area contributed by atoms with Gasteiger partial charge in [-0.25, -0.2) is 0 Å². The SMILES string of the molecule is O=c1cc(N2CCOCC2)nc2n1CC(C(F)(F)F)N2CCSc1ccccc1. The molecule has 1 fully saturated rings. The third-order valence-electron chi connectivity index (χ3n) is 5.02. The van der Waals surface area contributed by atoms with E-state index in [4.69, 9.17) is 4.74 Å². The summed E-state index contributed by atoms with van der Waals surface area (Å²) >= 11 is 1.48. The summed E-state index contributed by atoms with van der Waals surface area (Å²) in [4.78, 5) is 21.1. The Hall–Kier alpha value is -2.20. The van der Waals surface area contributed by atoms with Gasteiger partial charge in [-0.3, -0.25) is 9.36 Å². The van der Waals surface area contributed by atoms with Gasteiger partial charge in [0.2, 0.25) is 5.95 Å². The van der Waals surface area contributed by atoms with Crippen LogP contribution in [0, 0.1) is 0 Å². The first-order valence-electron chi connectivity index (χ1n) is 9.39. The van der Waals surface area contributed by atoms with Crippen LogP contribution in [0.4, 0.5) is 24.9 Å². The molecular formula is C19H21F3N4O2S. The number of thioether (sulfide) groups is 1. The number of nitrogens with zero attached hydrogens (tertiary/aromatic N) is 4. The van der Waals surface area contributed by atoms with E-state index in [0.717, 1.165) is 9.46 Å². The number of anilines is 2. The van der Waals surface area contributed by atoms with Crippen molar-refractivity contribution in [3.63, 3.8) is 0 Å². The van der Waals surface area contributed by atoms with Crippen molar-refractivity contribution in [1.29, 1.82) is 0 Å². The molecule has 0 radical (unpaired) electrons. The number of rotatable bonds is 5. The van der Waals surface area contributed by atoms with Gasteiger partial charge in [0, 0.05) is 36.3 Å². The lowest BCUT2D eigenvalue weighted by atomic mass is 10.2. The standard InChI is InChI=1S/C19H21F3N4O2S/c20-19(21,22)15-13-26-17(27)12-16(24-6-9-28-10-7-24)23-18(26)25(15)8-11-29-14-4-2-1-3-5-14/h1-5,12,15H,6-11,13H2. The van der Waals surface area contributed by atoms with Gasteiger partial charge < -0.3 is 14.5 Å². The summed E-state index contributed by atoms with van der Waals surface area (Å²) in [6, 6.07) is 9.09. The highest BCUT2D eigenvalue weighted by Crippen LogP contribution is 2.35. The van der Waals surface area contributed by atoms with Crippen molar-refractivity contribution >= 4 is 23.5 Å². The maximum atomic E-state index is 13.7. The van der Waals surface area contributed by atoms with Gasteiger partial charge in [-0.2, -0.15) is 18.2 Å². The number of hydrogen-bond acceptors (Lipinski definition) is 6. The molecule has 1 aromatic carbocycles. The quantitative estimate of drug-likeness (QED) is 0.686. The van der Waals surface area contributed by atoms with Crippen LogP contribution >= 0.6 is 11.8 Å². The van der Waals surface area contributed by atoms with E-state index in [-0.39, 0.29) is 12.5 Å².